The van der Waals surface area contributed by atoms with Crippen molar-refractivity contribution in [2.75, 3.05) is 28.4 Å². The second-order valence-corrected chi connectivity index (χ2v) is 7.14. The van der Waals surface area contributed by atoms with Gasteiger partial charge >= 0.3 is 0 Å². The maximum absolute atomic E-state index is 12.7. The molecule has 2 aromatic carbocycles. The Hall–Kier alpha value is -4.07. The van der Waals surface area contributed by atoms with Crippen LogP contribution in [0.3, 0.4) is 0 Å². The van der Waals surface area contributed by atoms with Crippen molar-refractivity contribution in [2.24, 2.45) is 4.99 Å². The first-order chi connectivity index (χ1) is 15.5. The fourth-order valence-electron chi connectivity index (χ4n) is 3.51. The first-order valence-electron chi connectivity index (χ1n) is 9.85. The number of aryl methyl sites for hydroxylation is 1. The minimum absolute atomic E-state index is 0.236. The average molecular weight is 433 g/mol. The van der Waals surface area contributed by atoms with Gasteiger partial charge in [-0.05, 0) is 42.8 Å². The number of hydrogen-bond donors (Lipinski definition) is 1. The van der Waals surface area contributed by atoms with Gasteiger partial charge < -0.3 is 24.3 Å². The molecule has 0 unspecified atom stereocenters. The monoisotopic (exact) mass is 433 g/mol. The predicted molar refractivity (Wildman–Crippen MR) is 122 cm³/mol. The van der Waals surface area contributed by atoms with Crippen molar-refractivity contribution in [1.29, 1.82) is 0 Å². The lowest BCUT2D eigenvalue weighted by molar-refractivity contribution is -0.115. The van der Waals surface area contributed by atoms with E-state index in [4.69, 9.17) is 18.9 Å². The van der Waals surface area contributed by atoms with Crippen LogP contribution in [0.4, 0.5) is 0 Å². The van der Waals surface area contributed by atoms with Crippen LogP contribution in [0.1, 0.15) is 16.7 Å². The number of carbonyl (C=O) groups is 1. The molecule has 4 rings (SSSR count). The van der Waals surface area contributed by atoms with Crippen molar-refractivity contribution >= 4 is 28.7 Å². The molecule has 8 heteroatoms. The minimum atomic E-state index is -0.334. The molecule has 1 N–H and O–H groups in total. The summed E-state index contributed by atoms with van der Waals surface area (Å²) in [6.45, 7) is 2.01. The zero-order valence-electron chi connectivity index (χ0n) is 18.5. The molecule has 0 spiro atoms. The van der Waals surface area contributed by atoms with Crippen LogP contribution in [-0.2, 0) is 4.79 Å². The van der Waals surface area contributed by atoms with Gasteiger partial charge in [-0.3, -0.25) is 4.79 Å². The number of amidine groups is 1. The van der Waals surface area contributed by atoms with Gasteiger partial charge in [0.05, 0.1) is 34.0 Å². The minimum Gasteiger partial charge on any atom is -0.493 e. The number of pyridine rings is 1. The van der Waals surface area contributed by atoms with Gasteiger partial charge in [0.25, 0.3) is 5.91 Å². The summed E-state index contributed by atoms with van der Waals surface area (Å²) in [5, 5.41) is 3.73. The van der Waals surface area contributed by atoms with E-state index in [9.17, 15) is 4.79 Å². The highest BCUT2D eigenvalue weighted by Gasteiger charge is 2.24. The molecule has 2 heterocycles. The molecule has 0 saturated carbocycles. The number of carbonyl (C=O) groups excluding carboxylic acids is 1. The Morgan fingerprint density at radius 1 is 0.906 bits per heavy atom. The predicted octanol–water partition coefficient (Wildman–Crippen LogP) is 3.50. The van der Waals surface area contributed by atoms with E-state index < -0.39 is 0 Å². The Kier molecular flexibility index (Phi) is 5.68. The lowest BCUT2D eigenvalue weighted by Crippen LogP contribution is -2.24. The van der Waals surface area contributed by atoms with Crippen molar-refractivity contribution in [3.8, 4) is 23.1 Å². The van der Waals surface area contributed by atoms with Gasteiger partial charge in [0.2, 0.25) is 11.6 Å². The van der Waals surface area contributed by atoms with E-state index in [1.807, 2.05) is 31.2 Å². The van der Waals surface area contributed by atoms with Crippen LogP contribution >= 0.6 is 0 Å². The number of benzene rings is 2. The van der Waals surface area contributed by atoms with E-state index in [0.717, 1.165) is 16.5 Å². The van der Waals surface area contributed by atoms with Crippen LogP contribution in [0.2, 0.25) is 0 Å². The Labute approximate surface area is 185 Å². The van der Waals surface area contributed by atoms with Gasteiger partial charge in [-0.2, -0.15) is 0 Å². The molecule has 164 valence electrons. The SMILES string of the molecule is COc1cc(C2=NC(=Cc3cc4ccc(C)cc4nc3OC)C(=O)N2)cc(OC)c1OC. The number of amides is 1. The zero-order chi connectivity index (χ0) is 22.8. The van der Waals surface area contributed by atoms with E-state index in [2.05, 4.69) is 15.3 Å². The molecule has 0 fully saturated rings. The summed E-state index contributed by atoms with van der Waals surface area (Å²) in [5.74, 6) is 1.85. The van der Waals surface area contributed by atoms with E-state index in [1.54, 1.807) is 25.3 Å². The highest BCUT2D eigenvalue weighted by Crippen LogP contribution is 2.38. The molecule has 0 aliphatic carbocycles. The summed E-state index contributed by atoms with van der Waals surface area (Å²) in [4.78, 5) is 21.7. The van der Waals surface area contributed by atoms with E-state index in [-0.39, 0.29) is 11.6 Å². The largest absolute Gasteiger partial charge is 0.493 e. The summed E-state index contributed by atoms with van der Waals surface area (Å²) in [7, 11) is 6.14. The molecule has 1 amide bonds. The summed E-state index contributed by atoms with van der Waals surface area (Å²) in [6, 6.07) is 11.4. The quantitative estimate of drug-likeness (QED) is 0.599. The molecule has 1 aliphatic heterocycles. The molecule has 32 heavy (non-hydrogen) atoms. The van der Waals surface area contributed by atoms with E-state index >= 15 is 0 Å². The van der Waals surface area contributed by atoms with Gasteiger partial charge in [0, 0.05) is 16.5 Å². The second kappa shape index (κ2) is 8.58. The molecule has 0 radical (unpaired) electrons. The van der Waals surface area contributed by atoms with Crippen LogP contribution in [0.15, 0.2) is 47.1 Å². The van der Waals surface area contributed by atoms with Crippen LogP contribution in [-0.4, -0.2) is 45.2 Å². The van der Waals surface area contributed by atoms with E-state index in [0.29, 0.717) is 40.1 Å². The Morgan fingerprint density at radius 2 is 1.62 bits per heavy atom. The fraction of sp³-hybridized carbons (Fsp3) is 0.208. The number of hydrogen-bond acceptors (Lipinski definition) is 7. The summed E-state index contributed by atoms with van der Waals surface area (Å²) in [5.41, 5.74) is 3.44. The number of nitrogens with zero attached hydrogens (tertiary/aromatic N) is 2. The molecule has 0 bridgehead atoms. The second-order valence-electron chi connectivity index (χ2n) is 7.14. The van der Waals surface area contributed by atoms with Gasteiger partial charge in [-0.25, -0.2) is 9.98 Å². The Bertz CT molecular complexity index is 1260. The van der Waals surface area contributed by atoms with Crippen molar-refractivity contribution in [2.45, 2.75) is 6.92 Å². The number of nitrogens with one attached hydrogen (secondary N) is 1. The van der Waals surface area contributed by atoms with Crippen LogP contribution in [0, 0.1) is 6.92 Å². The smallest absolute Gasteiger partial charge is 0.275 e. The molecule has 3 aromatic rings. The van der Waals surface area contributed by atoms with Crippen molar-refractivity contribution in [3.05, 3.63) is 58.8 Å². The van der Waals surface area contributed by atoms with Crippen LogP contribution in [0.5, 0.6) is 23.1 Å². The number of aliphatic imine (C=N–C) groups is 1. The molecule has 8 nitrogen and oxygen atoms in total. The normalized spacial score (nSPS) is 14.3. The third-order valence-corrected chi connectivity index (χ3v) is 5.09. The lowest BCUT2D eigenvalue weighted by atomic mass is 10.1. The number of fused-ring (bicyclic) bond motifs is 1. The van der Waals surface area contributed by atoms with Gasteiger partial charge in [-0.15, -0.1) is 0 Å². The van der Waals surface area contributed by atoms with E-state index in [1.165, 1.54) is 21.3 Å². The highest BCUT2D eigenvalue weighted by atomic mass is 16.5. The molecule has 1 aliphatic rings. The van der Waals surface area contributed by atoms with Crippen LogP contribution < -0.4 is 24.3 Å². The van der Waals surface area contributed by atoms with Gasteiger partial charge in [0.15, 0.2) is 11.5 Å². The Balaban J connectivity index is 1.78. The molecular formula is C24H23N3O5. The number of ether oxygens (including phenoxy) is 4. The molecule has 1 aromatic heterocycles. The molecular weight excluding hydrogens is 410 g/mol. The maximum Gasteiger partial charge on any atom is 0.275 e. The molecule has 0 atom stereocenters. The number of methoxy groups -OCH3 is 4. The topological polar surface area (TPSA) is 91.3 Å². The zero-order valence-corrected chi connectivity index (χ0v) is 18.5. The standard InChI is InChI=1S/C24H23N3O5/c1-13-6-7-14-9-16(24(32-5)26-17(14)8-13)10-18-23(28)27-22(25-18)15-11-19(29-2)21(31-4)20(12-15)30-3/h6-12H,1-5H3,(H,25,27,28). The number of rotatable bonds is 6. The van der Waals surface area contributed by atoms with Crippen molar-refractivity contribution in [1.82, 2.24) is 10.3 Å². The fourth-order valence-corrected chi connectivity index (χ4v) is 3.51. The van der Waals surface area contributed by atoms with Crippen molar-refractivity contribution < 1.29 is 23.7 Å². The average Bonchev–Trinajstić information content (AvgIpc) is 3.17. The van der Waals surface area contributed by atoms with Crippen molar-refractivity contribution in [3.63, 3.8) is 0 Å². The summed E-state index contributed by atoms with van der Waals surface area (Å²) >= 11 is 0. The van der Waals surface area contributed by atoms with Gasteiger partial charge in [0.1, 0.15) is 11.5 Å². The maximum atomic E-state index is 12.7. The lowest BCUT2D eigenvalue weighted by Gasteiger charge is -2.13. The highest BCUT2D eigenvalue weighted by molar-refractivity contribution is 6.20. The number of aromatic nitrogens is 1. The first kappa shape index (κ1) is 21.2. The van der Waals surface area contributed by atoms with Gasteiger partial charge in [-0.1, -0.05) is 12.1 Å². The molecule has 0 saturated heterocycles. The summed E-state index contributed by atoms with van der Waals surface area (Å²) < 4.78 is 21.6. The third kappa shape index (κ3) is 3.82. The first-order valence-corrected chi connectivity index (χ1v) is 9.85. The Morgan fingerprint density at radius 3 is 2.25 bits per heavy atom. The summed E-state index contributed by atoms with van der Waals surface area (Å²) in [6.07, 6.45) is 1.66. The third-order valence-electron chi connectivity index (χ3n) is 5.09. The van der Waals surface area contributed by atoms with Crippen LogP contribution in [0.25, 0.3) is 17.0 Å².